The first-order valence-corrected chi connectivity index (χ1v) is 7.48. The zero-order valence-electron chi connectivity index (χ0n) is 12.3. The Morgan fingerprint density at radius 3 is 2.36 bits per heavy atom. The van der Waals surface area contributed by atoms with E-state index in [2.05, 4.69) is 22.2 Å². The normalized spacial score (nSPS) is 14.5. The summed E-state index contributed by atoms with van der Waals surface area (Å²) in [5.41, 5.74) is 2.63. The van der Waals surface area contributed by atoms with Gasteiger partial charge in [0.1, 0.15) is 0 Å². The lowest BCUT2D eigenvalue weighted by Gasteiger charge is -2.17. The van der Waals surface area contributed by atoms with Crippen LogP contribution in [0.15, 0.2) is 59.8 Å². The maximum absolute atomic E-state index is 11.7. The smallest absolute Gasteiger partial charge is 0.365 e. The molecule has 1 fully saturated rings. The van der Waals surface area contributed by atoms with Crippen molar-refractivity contribution in [2.45, 2.75) is 12.8 Å². The van der Waals surface area contributed by atoms with Crippen LogP contribution in [-0.2, 0) is 4.84 Å². The van der Waals surface area contributed by atoms with E-state index in [9.17, 15) is 4.79 Å². The SMILES string of the molecule is O=C(ON=Cc1ccc(N2CCCC2)cc1)c1ccccc1. The summed E-state index contributed by atoms with van der Waals surface area (Å²) in [6.45, 7) is 2.25. The molecule has 1 aliphatic heterocycles. The van der Waals surface area contributed by atoms with E-state index in [1.165, 1.54) is 18.5 Å². The van der Waals surface area contributed by atoms with E-state index in [1.54, 1.807) is 30.5 Å². The van der Waals surface area contributed by atoms with Crippen LogP contribution in [0.1, 0.15) is 28.8 Å². The molecule has 0 atom stereocenters. The highest BCUT2D eigenvalue weighted by Crippen LogP contribution is 2.19. The van der Waals surface area contributed by atoms with Gasteiger partial charge in [-0.1, -0.05) is 35.5 Å². The quantitative estimate of drug-likeness (QED) is 0.492. The molecule has 0 bridgehead atoms. The van der Waals surface area contributed by atoms with Gasteiger partial charge in [-0.25, -0.2) is 4.79 Å². The van der Waals surface area contributed by atoms with Gasteiger partial charge >= 0.3 is 5.97 Å². The van der Waals surface area contributed by atoms with Crippen LogP contribution in [0.5, 0.6) is 0 Å². The van der Waals surface area contributed by atoms with E-state index in [-0.39, 0.29) is 0 Å². The Morgan fingerprint density at radius 1 is 1.00 bits per heavy atom. The van der Waals surface area contributed by atoms with Crippen LogP contribution in [0, 0.1) is 0 Å². The minimum absolute atomic E-state index is 0.453. The van der Waals surface area contributed by atoms with Gasteiger partial charge < -0.3 is 9.74 Å². The lowest BCUT2D eigenvalue weighted by molar-refractivity contribution is 0.0519. The van der Waals surface area contributed by atoms with E-state index in [0.717, 1.165) is 18.7 Å². The van der Waals surface area contributed by atoms with Crippen molar-refractivity contribution in [2.75, 3.05) is 18.0 Å². The van der Waals surface area contributed by atoms with Crippen molar-refractivity contribution in [2.24, 2.45) is 5.16 Å². The zero-order chi connectivity index (χ0) is 15.2. The Labute approximate surface area is 130 Å². The van der Waals surface area contributed by atoms with Gasteiger partial charge in [-0.2, -0.15) is 0 Å². The predicted molar refractivity (Wildman–Crippen MR) is 87.3 cm³/mol. The molecule has 112 valence electrons. The molecule has 0 amide bonds. The summed E-state index contributed by atoms with van der Waals surface area (Å²) >= 11 is 0. The van der Waals surface area contributed by atoms with E-state index in [0.29, 0.717) is 5.56 Å². The summed E-state index contributed by atoms with van der Waals surface area (Å²) in [6.07, 6.45) is 4.08. The minimum atomic E-state index is -0.453. The number of oxime groups is 1. The molecule has 4 heteroatoms. The first kappa shape index (κ1) is 14.3. The number of nitrogens with zero attached hydrogens (tertiary/aromatic N) is 2. The minimum Gasteiger partial charge on any atom is -0.372 e. The van der Waals surface area contributed by atoms with E-state index >= 15 is 0 Å². The lowest BCUT2D eigenvalue weighted by atomic mass is 10.2. The molecule has 0 aliphatic carbocycles. The third kappa shape index (κ3) is 3.52. The monoisotopic (exact) mass is 294 g/mol. The average molecular weight is 294 g/mol. The highest BCUT2D eigenvalue weighted by molar-refractivity contribution is 5.90. The van der Waals surface area contributed by atoms with Crippen LogP contribution in [0.2, 0.25) is 0 Å². The molecule has 0 aromatic heterocycles. The largest absolute Gasteiger partial charge is 0.372 e. The molecule has 0 N–H and O–H groups in total. The zero-order valence-corrected chi connectivity index (χ0v) is 12.3. The van der Waals surface area contributed by atoms with Crippen molar-refractivity contribution in [1.82, 2.24) is 0 Å². The molecule has 1 saturated heterocycles. The molecule has 2 aromatic rings. The summed E-state index contributed by atoms with van der Waals surface area (Å²) in [6, 6.07) is 16.9. The van der Waals surface area contributed by atoms with Crippen LogP contribution in [-0.4, -0.2) is 25.3 Å². The van der Waals surface area contributed by atoms with Crippen LogP contribution >= 0.6 is 0 Å². The van der Waals surface area contributed by atoms with Crippen LogP contribution in [0.25, 0.3) is 0 Å². The van der Waals surface area contributed by atoms with Gasteiger partial charge in [0.05, 0.1) is 11.8 Å². The van der Waals surface area contributed by atoms with Gasteiger partial charge in [0.25, 0.3) is 0 Å². The third-order valence-corrected chi connectivity index (χ3v) is 3.71. The molecule has 0 unspecified atom stereocenters. The maximum Gasteiger partial charge on any atom is 0.365 e. The second kappa shape index (κ2) is 6.89. The van der Waals surface area contributed by atoms with Crippen molar-refractivity contribution in [1.29, 1.82) is 0 Å². The van der Waals surface area contributed by atoms with E-state index in [4.69, 9.17) is 4.84 Å². The second-order valence-electron chi connectivity index (χ2n) is 5.26. The van der Waals surface area contributed by atoms with Crippen LogP contribution < -0.4 is 4.90 Å². The summed E-state index contributed by atoms with van der Waals surface area (Å²) < 4.78 is 0. The average Bonchev–Trinajstić information content (AvgIpc) is 3.11. The summed E-state index contributed by atoms with van der Waals surface area (Å²) in [5, 5.41) is 3.76. The van der Waals surface area contributed by atoms with Crippen molar-refractivity contribution in [3.63, 3.8) is 0 Å². The highest BCUT2D eigenvalue weighted by atomic mass is 16.7. The van der Waals surface area contributed by atoms with Gasteiger partial charge in [-0.15, -0.1) is 0 Å². The predicted octanol–water partition coefficient (Wildman–Crippen LogP) is 3.48. The van der Waals surface area contributed by atoms with Gasteiger partial charge in [-0.3, -0.25) is 0 Å². The number of benzene rings is 2. The summed E-state index contributed by atoms with van der Waals surface area (Å²) in [5.74, 6) is -0.453. The van der Waals surface area contributed by atoms with E-state index < -0.39 is 5.97 Å². The standard InChI is InChI=1S/C18H18N2O2/c21-18(16-6-2-1-3-7-16)22-19-14-15-8-10-17(11-9-15)20-12-4-5-13-20/h1-3,6-11,14H,4-5,12-13H2. The molecule has 2 aromatic carbocycles. The fourth-order valence-electron chi connectivity index (χ4n) is 2.51. The molecule has 0 saturated carbocycles. The molecule has 22 heavy (non-hydrogen) atoms. The van der Waals surface area contributed by atoms with Crippen molar-refractivity contribution >= 4 is 17.9 Å². The Morgan fingerprint density at radius 2 is 1.68 bits per heavy atom. The summed E-state index contributed by atoms with van der Waals surface area (Å²) in [7, 11) is 0. The first-order chi connectivity index (χ1) is 10.8. The van der Waals surface area contributed by atoms with Gasteiger partial charge in [0.15, 0.2) is 0 Å². The van der Waals surface area contributed by atoms with Crippen LogP contribution in [0.4, 0.5) is 5.69 Å². The Kier molecular flexibility index (Phi) is 4.49. The highest BCUT2D eigenvalue weighted by Gasteiger charge is 2.11. The van der Waals surface area contributed by atoms with Crippen LogP contribution in [0.3, 0.4) is 0 Å². The Bertz CT molecular complexity index is 645. The number of hydrogen-bond acceptors (Lipinski definition) is 4. The Hall–Kier alpha value is -2.62. The maximum atomic E-state index is 11.7. The molecular formula is C18H18N2O2. The van der Waals surface area contributed by atoms with Crippen molar-refractivity contribution in [3.05, 3.63) is 65.7 Å². The van der Waals surface area contributed by atoms with Gasteiger partial charge in [0, 0.05) is 18.8 Å². The fraction of sp³-hybridized carbons (Fsp3) is 0.222. The first-order valence-electron chi connectivity index (χ1n) is 7.48. The fourth-order valence-corrected chi connectivity index (χ4v) is 2.51. The van der Waals surface area contributed by atoms with Crippen molar-refractivity contribution < 1.29 is 9.63 Å². The third-order valence-electron chi connectivity index (χ3n) is 3.71. The number of carbonyl (C=O) groups excluding carboxylic acids is 1. The van der Waals surface area contributed by atoms with E-state index in [1.807, 2.05) is 18.2 Å². The second-order valence-corrected chi connectivity index (χ2v) is 5.26. The molecule has 1 aliphatic rings. The van der Waals surface area contributed by atoms with Gasteiger partial charge in [-0.05, 0) is 42.7 Å². The number of hydrogen-bond donors (Lipinski definition) is 0. The van der Waals surface area contributed by atoms with Gasteiger partial charge in [0.2, 0.25) is 0 Å². The number of carbonyl (C=O) groups is 1. The number of rotatable bonds is 4. The molecular weight excluding hydrogens is 276 g/mol. The lowest BCUT2D eigenvalue weighted by Crippen LogP contribution is -2.17. The number of anilines is 1. The topological polar surface area (TPSA) is 41.9 Å². The molecule has 3 rings (SSSR count). The molecule has 0 radical (unpaired) electrons. The molecule has 0 spiro atoms. The Balaban J connectivity index is 1.57. The molecule has 4 nitrogen and oxygen atoms in total. The van der Waals surface area contributed by atoms with Crippen molar-refractivity contribution in [3.8, 4) is 0 Å². The summed E-state index contributed by atoms with van der Waals surface area (Å²) in [4.78, 5) is 19.0. The molecule has 1 heterocycles.